The lowest BCUT2D eigenvalue weighted by atomic mass is 10.1. The van der Waals surface area contributed by atoms with Crippen LogP contribution in [-0.2, 0) is 0 Å². The topological polar surface area (TPSA) is 27.0 Å². The number of benzene rings is 1. The van der Waals surface area contributed by atoms with E-state index in [1.165, 1.54) is 4.88 Å². The maximum Gasteiger partial charge on any atom is 0.0992 e. The van der Waals surface area contributed by atoms with E-state index < -0.39 is 0 Å². The molecule has 1 heterocycles. The molecule has 1 aromatic carbocycles. The van der Waals surface area contributed by atoms with Gasteiger partial charge in [-0.2, -0.15) is 5.26 Å². The molecule has 2 nitrogen and oxygen atoms in total. The fourth-order valence-corrected chi connectivity index (χ4v) is 3.28. The van der Waals surface area contributed by atoms with E-state index >= 15 is 0 Å². The first-order valence-electron chi connectivity index (χ1n) is 5.59. The number of halogens is 1. The number of hydrogen-bond acceptors (Lipinski definition) is 3. The number of thiophene rings is 1. The summed E-state index contributed by atoms with van der Waals surface area (Å²) in [6.07, 6.45) is 0. The fourth-order valence-electron chi connectivity index (χ4n) is 1.79. The van der Waals surface area contributed by atoms with Crippen LogP contribution in [0.3, 0.4) is 0 Å². The Morgan fingerprint density at radius 2 is 2.17 bits per heavy atom. The molecule has 0 aliphatic rings. The largest absolute Gasteiger partial charge is 0.366 e. The summed E-state index contributed by atoms with van der Waals surface area (Å²) in [4.78, 5) is 3.53. The van der Waals surface area contributed by atoms with Crippen molar-refractivity contribution >= 4 is 33.0 Å². The predicted molar refractivity (Wildman–Crippen MR) is 80.0 cm³/mol. The molecule has 0 aliphatic heterocycles. The quantitative estimate of drug-likeness (QED) is 0.827. The molecule has 0 bridgehead atoms. The predicted octanol–water partition coefficient (Wildman–Crippen LogP) is 4.58. The molecule has 0 amide bonds. The Labute approximate surface area is 120 Å². The molecule has 18 heavy (non-hydrogen) atoms. The number of nitriles is 1. The van der Waals surface area contributed by atoms with Gasteiger partial charge in [0.05, 0.1) is 23.4 Å². The van der Waals surface area contributed by atoms with Crippen LogP contribution in [-0.4, -0.2) is 7.05 Å². The Balaban J connectivity index is 2.29. The van der Waals surface area contributed by atoms with Crippen LogP contribution in [0.1, 0.15) is 23.4 Å². The molecule has 1 aromatic heterocycles. The minimum Gasteiger partial charge on any atom is -0.366 e. The summed E-state index contributed by atoms with van der Waals surface area (Å²) in [5.74, 6) is 0. The first-order chi connectivity index (χ1) is 8.63. The molecular weight excluding hydrogens is 308 g/mol. The minimum absolute atomic E-state index is 0.314. The second-order valence-corrected chi connectivity index (χ2v) is 5.91. The van der Waals surface area contributed by atoms with Crippen molar-refractivity contribution in [1.29, 1.82) is 5.26 Å². The Hall–Kier alpha value is -1.31. The van der Waals surface area contributed by atoms with Crippen LogP contribution >= 0.6 is 27.3 Å². The number of hydrogen-bond donors (Lipinski definition) is 0. The molecule has 1 atom stereocenters. The zero-order valence-corrected chi connectivity index (χ0v) is 12.6. The number of anilines is 1. The summed E-state index contributed by atoms with van der Waals surface area (Å²) >= 11 is 5.29. The third kappa shape index (κ3) is 2.58. The van der Waals surface area contributed by atoms with Crippen LogP contribution in [0.25, 0.3) is 0 Å². The average molecular weight is 321 g/mol. The highest BCUT2D eigenvalue weighted by molar-refractivity contribution is 9.10. The van der Waals surface area contributed by atoms with Crippen LogP contribution < -0.4 is 4.90 Å². The zero-order chi connectivity index (χ0) is 13.1. The van der Waals surface area contributed by atoms with E-state index in [4.69, 9.17) is 5.26 Å². The molecule has 4 heteroatoms. The molecule has 0 spiro atoms. The summed E-state index contributed by atoms with van der Waals surface area (Å²) in [6.45, 7) is 2.18. The van der Waals surface area contributed by atoms with Crippen molar-refractivity contribution in [3.05, 3.63) is 50.6 Å². The summed E-state index contributed by atoms with van der Waals surface area (Å²) in [5, 5.41) is 11.0. The van der Waals surface area contributed by atoms with Gasteiger partial charge in [0.1, 0.15) is 0 Å². The second kappa shape index (κ2) is 5.55. The van der Waals surface area contributed by atoms with Crippen LogP contribution in [0.2, 0.25) is 0 Å². The standard InChI is InChI=1S/C14H13BrN2S/c1-10(14-4-3-7-18-14)17(2)13-6-5-11(9-16)8-12(13)15/h3-8,10H,1-2H3. The second-order valence-electron chi connectivity index (χ2n) is 4.08. The van der Waals surface area contributed by atoms with Gasteiger partial charge in [-0.05, 0) is 52.5 Å². The lowest BCUT2D eigenvalue weighted by Crippen LogP contribution is -2.21. The molecule has 1 unspecified atom stereocenters. The van der Waals surface area contributed by atoms with Gasteiger partial charge in [0.15, 0.2) is 0 Å². The molecule has 0 N–H and O–H groups in total. The summed E-state index contributed by atoms with van der Waals surface area (Å²) in [6, 6.07) is 12.3. The summed E-state index contributed by atoms with van der Waals surface area (Å²) in [7, 11) is 2.07. The lowest BCUT2D eigenvalue weighted by molar-refractivity contribution is 0.752. The zero-order valence-electron chi connectivity index (χ0n) is 10.2. The van der Waals surface area contributed by atoms with E-state index in [0.29, 0.717) is 11.6 Å². The van der Waals surface area contributed by atoms with Crippen molar-refractivity contribution in [2.24, 2.45) is 0 Å². The third-order valence-corrected chi connectivity index (χ3v) is 4.67. The van der Waals surface area contributed by atoms with E-state index in [-0.39, 0.29) is 0 Å². The van der Waals surface area contributed by atoms with E-state index in [2.05, 4.69) is 58.4 Å². The Morgan fingerprint density at radius 1 is 1.39 bits per heavy atom. The highest BCUT2D eigenvalue weighted by Gasteiger charge is 2.15. The third-order valence-electron chi connectivity index (χ3n) is 2.99. The minimum atomic E-state index is 0.314. The molecule has 0 aliphatic carbocycles. The van der Waals surface area contributed by atoms with E-state index in [9.17, 15) is 0 Å². The van der Waals surface area contributed by atoms with Gasteiger partial charge in [-0.25, -0.2) is 0 Å². The van der Waals surface area contributed by atoms with Gasteiger partial charge < -0.3 is 4.90 Å². The first-order valence-corrected chi connectivity index (χ1v) is 7.26. The van der Waals surface area contributed by atoms with Crippen molar-refractivity contribution in [1.82, 2.24) is 0 Å². The summed E-state index contributed by atoms with van der Waals surface area (Å²) < 4.78 is 0.951. The maximum absolute atomic E-state index is 8.87. The Kier molecular flexibility index (Phi) is 4.05. The van der Waals surface area contributed by atoms with Gasteiger partial charge in [-0.15, -0.1) is 11.3 Å². The SMILES string of the molecule is CC(c1cccs1)N(C)c1ccc(C#N)cc1Br. The Bertz CT molecular complexity index is 572. The highest BCUT2D eigenvalue weighted by atomic mass is 79.9. The molecule has 0 fully saturated rings. The van der Waals surface area contributed by atoms with E-state index in [0.717, 1.165) is 10.2 Å². The molecule has 0 saturated heterocycles. The molecule has 92 valence electrons. The van der Waals surface area contributed by atoms with E-state index in [1.807, 2.05) is 18.2 Å². The van der Waals surface area contributed by atoms with Gasteiger partial charge in [0, 0.05) is 16.4 Å². The molecule has 2 aromatic rings. The van der Waals surface area contributed by atoms with Crippen LogP contribution in [0.4, 0.5) is 5.69 Å². The van der Waals surface area contributed by atoms with Crippen molar-refractivity contribution in [3.63, 3.8) is 0 Å². The molecular formula is C14H13BrN2S. The fraction of sp³-hybridized carbons (Fsp3) is 0.214. The van der Waals surface area contributed by atoms with Crippen LogP contribution in [0.15, 0.2) is 40.2 Å². The van der Waals surface area contributed by atoms with Gasteiger partial charge in [-0.3, -0.25) is 0 Å². The molecule has 0 radical (unpaired) electrons. The van der Waals surface area contributed by atoms with Gasteiger partial charge >= 0.3 is 0 Å². The van der Waals surface area contributed by atoms with Crippen LogP contribution in [0, 0.1) is 11.3 Å². The normalized spacial score (nSPS) is 11.9. The first kappa shape index (κ1) is 13.1. The number of rotatable bonds is 3. The maximum atomic E-state index is 8.87. The van der Waals surface area contributed by atoms with E-state index in [1.54, 1.807) is 11.3 Å². The van der Waals surface area contributed by atoms with Crippen LogP contribution in [0.5, 0.6) is 0 Å². The molecule has 0 saturated carbocycles. The van der Waals surface area contributed by atoms with Crippen molar-refractivity contribution in [2.45, 2.75) is 13.0 Å². The van der Waals surface area contributed by atoms with Crippen molar-refractivity contribution in [3.8, 4) is 6.07 Å². The smallest absolute Gasteiger partial charge is 0.0992 e. The lowest BCUT2D eigenvalue weighted by Gasteiger charge is -2.27. The van der Waals surface area contributed by atoms with Crippen molar-refractivity contribution in [2.75, 3.05) is 11.9 Å². The van der Waals surface area contributed by atoms with Crippen molar-refractivity contribution < 1.29 is 0 Å². The summed E-state index contributed by atoms with van der Waals surface area (Å²) in [5.41, 5.74) is 1.76. The van der Waals surface area contributed by atoms with Gasteiger partial charge in [-0.1, -0.05) is 6.07 Å². The Morgan fingerprint density at radius 3 is 2.72 bits per heavy atom. The number of nitrogens with zero attached hydrogens (tertiary/aromatic N) is 2. The average Bonchev–Trinajstić information content (AvgIpc) is 2.90. The van der Waals surface area contributed by atoms with Gasteiger partial charge in [0.2, 0.25) is 0 Å². The monoisotopic (exact) mass is 320 g/mol. The molecule has 2 rings (SSSR count). The van der Waals surface area contributed by atoms with Gasteiger partial charge in [0.25, 0.3) is 0 Å². The highest BCUT2D eigenvalue weighted by Crippen LogP contribution is 2.33.